The summed E-state index contributed by atoms with van der Waals surface area (Å²) < 4.78 is 46.9. The van der Waals surface area contributed by atoms with Crippen molar-refractivity contribution in [2.45, 2.75) is 24.3 Å². The van der Waals surface area contributed by atoms with Gasteiger partial charge in [0.15, 0.2) is 5.13 Å². The number of aromatic nitrogens is 1. The molecular formula is C24H22FN3O4S2. The van der Waals surface area contributed by atoms with Crippen LogP contribution in [0.1, 0.15) is 18.6 Å². The van der Waals surface area contributed by atoms with Crippen LogP contribution in [-0.4, -0.2) is 36.7 Å². The first-order valence-corrected chi connectivity index (χ1v) is 13.1. The van der Waals surface area contributed by atoms with Gasteiger partial charge in [0.25, 0.3) is 0 Å². The molecule has 0 radical (unpaired) electrons. The minimum Gasteiger partial charge on any atom is -0.467 e. The van der Waals surface area contributed by atoms with Crippen LogP contribution < -0.4 is 4.90 Å². The Kier molecular flexibility index (Phi) is 6.20. The Morgan fingerprint density at radius 2 is 1.82 bits per heavy atom. The van der Waals surface area contributed by atoms with Gasteiger partial charge in [-0.25, -0.2) is 17.8 Å². The van der Waals surface area contributed by atoms with Crippen LogP contribution in [0.3, 0.4) is 0 Å². The molecule has 2 aromatic heterocycles. The van der Waals surface area contributed by atoms with Gasteiger partial charge in [0.1, 0.15) is 11.6 Å². The second kappa shape index (κ2) is 9.28. The second-order valence-electron chi connectivity index (χ2n) is 8.10. The van der Waals surface area contributed by atoms with Crippen molar-refractivity contribution in [2.75, 3.05) is 18.0 Å². The predicted molar refractivity (Wildman–Crippen MR) is 127 cm³/mol. The molecule has 1 amide bonds. The number of thiazole rings is 1. The SMILES string of the molecule is O=C(C1CCN(S(=O)(=O)c2ccc(F)cc2)CC1)N(Cc1ccco1)c1nc2ccccc2s1. The molecule has 10 heteroatoms. The van der Waals surface area contributed by atoms with E-state index in [0.717, 1.165) is 22.3 Å². The summed E-state index contributed by atoms with van der Waals surface area (Å²) >= 11 is 1.44. The van der Waals surface area contributed by atoms with Gasteiger partial charge in [0.2, 0.25) is 15.9 Å². The quantitative estimate of drug-likeness (QED) is 0.385. The molecule has 1 saturated heterocycles. The molecule has 0 unspecified atom stereocenters. The van der Waals surface area contributed by atoms with Crippen LogP contribution >= 0.6 is 11.3 Å². The van der Waals surface area contributed by atoms with Gasteiger partial charge in [-0.15, -0.1) is 0 Å². The molecule has 3 heterocycles. The zero-order valence-electron chi connectivity index (χ0n) is 18.1. The van der Waals surface area contributed by atoms with E-state index in [1.165, 1.54) is 27.8 Å². The fraction of sp³-hybridized carbons (Fsp3) is 0.250. The number of anilines is 1. The third-order valence-corrected chi connectivity index (χ3v) is 8.90. The topological polar surface area (TPSA) is 83.7 Å². The van der Waals surface area contributed by atoms with Gasteiger partial charge in [-0.2, -0.15) is 4.31 Å². The molecular weight excluding hydrogens is 477 g/mol. The highest BCUT2D eigenvalue weighted by Crippen LogP contribution is 2.33. The van der Waals surface area contributed by atoms with Crippen LogP contribution in [0.4, 0.5) is 9.52 Å². The van der Waals surface area contributed by atoms with Gasteiger partial charge in [0.05, 0.1) is 27.9 Å². The maximum atomic E-state index is 13.6. The van der Waals surface area contributed by atoms with Crippen LogP contribution in [0.5, 0.6) is 0 Å². The molecule has 0 saturated carbocycles. The average molecular weight is 500 g/mol. The zero-order chi connectivity index (χ0) is 23.7. The van der Waals surface area contributed by atoms with Crippen molar-refractivity contribution < 1.29 is 22.0 Å². The average Bonchev–Trinajstić information content (AvgIpc) is 3.52. The molecule has 0 bridgehead atoms. The second-order valence-corrected chi connectivity index (χ2v) is 11.0. The third kappa shape index (κ3) is 4.48. The van der Waals surface area contributed by atoms with Crippen LogP contribution in [-0.2, 0) is 21.4 Å². The third-order valence-electron chi connectivity index (χ3n) is 5.93. The summed E-state index contributed by atoms with van der Waals surface area (Å²) in [5, 5.41) is 0.587. The summed E-state index contributed by atoms with van der Waals surface area (Å²) in [6, 6.07) is 16.1. The smallest absolute Gasteiger partial charge is 0.243 e. The Bertz CT molecular complexity index is 1360. The van der Waals surface area contributed by atoms with E-state index in [2.05, 4.69) is 4.98 Å². The number of carbonyl (C=O) groups is 1. The van der Waals surface area contributed by atoms with E-state index < -0.39 is 15.8 Å². The number of amides is 1. The van der Waals surface area contributed by atoms with Gasteiger partial charge < -0.3 is 4.42 Å². The van der Waals surface area contributed by atoms with Crippen molar-refractivity contribution in [3.05, 3.63) is 78.5 Å². The molecule has 1 fully saturated rings. The molecule has 4 aromatic rings. The zero-order valence-corrected chi connectivity index (χ0v) is 19.8. The first-order valence-electron chi connectivity index (χ1n) is 10.9. The monoisotopic (exact) mass is 499 g/mol. The number of carbonyl (C=O) groups excluding carboxylic acids is 1. The predicted octanol–water partition coefficient (Wildman–Crippen LogP) is 4.66. The molecule has 176 valence electrons. The number of para-hydroxylation sites is 1. The fourth-order valence-electron chi connectivity index (χ4n) is 4.09. The summed E-state index contributed by atoms with van der Waals surface area (Å²) in [6.45, 7) is 0.675. The molecule has 2 aromatic carbocycles. The Balaban J connectivity index is 1.34. The van der Waals surface area contributed by atoms with Gasteiger partial charge in [-0.05, 0) is 61.4 Å². The van der Waals surface area contributed by atoms with Crippen molar-refractivity contribution in [2.24, 2.45) is 5.92 Å². The van der Waals surface area contributed by atoms with Crippen LogP contribution in [0, 0.1) is 11.7 Å². The first kappa shape index (κ1) is 22.7. The maximum absolute atomic E-state index is 13.6. The van der Waals surface area contributed by atoms with E-state index in [-0.39, 0.29) is 36.4 Å². The largest absolute Gasteiger partial charge is 0.467 e. The van der Waals surface area contributed by atoms with E-state index in [1.54, 1.807) is 17.2 Å². The highest BCUT2D eigenvalue weighted by molar-refractivity contribution is 7.89. The van der Waals surface area contributed by atoms with Crippen LogP contribution in [0.25, 0.3) is 10.2 Å². The number of sulfonamides is 1. The van der Waals surface area contributed by atoms with E-state index in [0.29, 0.717) is 23.7 Å². The van der Waals surface area contributed by atoms with Gasteiger partial charge >= 0.3 is 0 Å². The summed E-state index contributed by atoms with van der Waals surface area (Å²) in [6.07, 6.45) is 2.34. The standard InChI is InChI=1S/C24H22FN3O4S2/c25-18-7-9-20(10-8-18)34(30,31)27-13-11-17(12-14-27)23(29)28(16-19-4-3-15-32-19)24-26-21-5-1-2-6-22(21)33-24/h1-10,15,17H,11-14,16H2. The molecule has 1 aliphatic heterocycles. The minimum atomic E-state index is -3.74. The van der Waals surface area contributed by atoms with Crippen molar-refractivity contribution in [3.63, 3.8) is 0 Å². The highest BCUT2D eigenvalue weighted by atomic mass is 32.2. The number of furan rings is 1. The van der Waals surface area contributed by atoms with Crippen molar-refractivity contribution in [1.82, 2.24) is 9.29 Å². The lowest BCUT2D eigenvalue weighted by molar-refractivity contribution is -0.123. The lowest BCUT2D eigenvalue weighted by atomic mass is 9.96. The number of hydrogen-bond donors (Lipinski definition) is 0. The summed E-state index contributed by atoms with van der Waals surface area (Å²) in [4.78, 5) is 19.9. The molecule has 34 heavy (non-hydrogen) atoms. The number of fused-ring (bicyclic) bond motifs is 1. The number of rotatable bonds is 6. The molecule has 0 atom stereocenters. The number of nitrogens with zero attached hydrogens (tertiary/aromatic N) is 3. The number of hydrogen-bond acceptors (Lipinski definition) is 6. The Morgan fingerprint density at radius 3 is 2.50 bits per heavy atom. The Morgan fingerprint density at radius 1 is 1.09 bits per heavy atom. The molecule has 0 N–H and O–H groups in total. The summed E-state index contributed by atoms with van der Waals surface area (Å²) in [5.41, 5.74) is 0.819. The number of benzene rings is 2. The van der Waals surface area contributed by atoms with E-state index in [1.807, 2.05) is 30.3 Å². The lowest BCUT2D eigenvalue weighted by Gasteiger charge is -2.32. The summed E-state index contributed by atoms with van der Waals surface area (Å²) in [7, 11) is -3.74. The first-order chi connectivity index (χ1) is 16.4. The number of piperidine rings is 1. The van der Waals surface area contributed by atoms with E-state index >= 15 is 0 Å². The molecule has 0 spiro atoms. The van der Waals surface area contributed by atoms with Crippen LogP contribution in [0.15, 0.2) is 76.2 Å². The van der Waals surface area contributed by atoms with Crippen molar-refractivity contribution in [1.29, 1.82) is 0 Å². The van der Waals surface area contributed by atoms with Crippen LogP contribution in [0.2, 0.25) is 0 Å². The minimum absolute atomic E-state index is 0.0487. The highest BCUT2D eigenvalue weighted by Gasteiger charge is 2.35. The molecule has 5 rings (SSSR count). The van der Waals surface area contributed by atoms with E-state index in [9.17, 15) is 17.6 Å². The fourth-order valence-corrected chi connectivity index (χ4v) is 6.53. The molecule has 0 aliphatic carbocycles. The van der Waals surface area contributed by atoms with E-state index in [4.69, 9.17) is 4.42 Å². The Labute approximate surface area is 200 Å². The van der Waals surface area contributed by atoms with Gasteiger partial charge in [-0.1, -0.05) is 23.5 Å². The van der Waals surface area contributed by atoms with Gasteiger partial charge in [0, 0.05) is 19.0 Å². The van der Waals surface area contributed by atoms with Gasteiger partial charge in [-0.3, -0.25) is 9.69 Å². The Hall–Kier alpha value is -3.08. The molecule has 1 aliphatic rings. The normalized spacial score (nSPS) is 15.6. The number of halogens is 1. The van der Waals surface area contributed by atoms with Crippen molar-refractivity contribution in [3.8, 4) is 0 Å². The maximum Gasteiger partial charge on any atom is 0.243 e. The molecule has 7 nitrogen and oxygen atoms in total. The van der Waals surface area contributed by atoms with Crippen molar-refractivity contribution >= 4 is 42.6 Å². The summed E-state index contributed by atoms with van der Waals surface area (Å²) in [5.74, 6) is -0.297. The lowest BCUT2D eigenvalue weighted by Crippen LogP contribution is -2.44.